The van der Waals surface area contributed by atoms with E-state index in [4.69, 9.17) is 5.73 Å². The maximum Gasteiger partial charge on any atom is 0.0297 e. The second-order valence-electron chi connectivity index (χ2n) is 4.29. The monoisotopic (exact) mass is 190 g/mol. The third kappa shape index (κ3) is 2.14. The van der Waals surface area contributed by atoms with Gasteiger partial charge in [-0.05, 0) is 11.5 Å². The fourth-order valence-electron chi connectivity index (χ4n) is 2.03. The van der Waals surface area contributed by atoms with Gasteiger partial charge in [-0.2, -0.15) is 0 Å². The van der Waals surface area contributed by atoms with Gasteiger partial charge >= 0.3 is 0 Å². The Labute approximate surface area is 85.7 Å². The molecule has 1 aromatic rings. The first kappa shape index (κ1) is 9.69. The van der Waals surface area contributed by atoms with Crippen molar-refractivity contribution in [1.29, 1.82) is 0 Å². The van der Waals surface area contributed by atoms with E-state index >= 15 is 0 Å². The Hall–Kier alpha value is -0.860. The third-order valence-electron chi connectivity index (χ3n) is 2.89. The number of nitrogens with two attached hydrogens (primary N) is 1. The fourth-order valence-corrected chi connectivity index (χ4v) is 2.03. The number of hydrogen-bond donors (Lipinski definition) is 1. The quantitative estimate of drug-likeness (QED) is 0.781. The van der Waals surface area contributed by atoms with Gasteiger partial charge in [-0.1, -0.05) is 37.3 Å². The van der Waals surface area contributed by atoms with Gasteiger partial charge in [-0.25, -0.2) is 0 Å². The van der Waals surface area contributed by atoms with Crippen LogP contribution in [0, 0.1) is 0 Å². The van der Waals surface area contributed by atoms with E-state index in [0.29, 0.717) is 12.0 Å². The van der Waals surface area contributed by atoms with Gasteiger partial charge in [0.2, 0.25) is 0 Å². The van der Waals surface area contributed by atoms with Crippen LogP contribution in [0.25, 0.3) is 0 Å². The lowest BCUT2D eigenvalue weighted by molar-refractivity contribution is 0.143. The highest BCUT2D eigenvalue weighted by molar-refractivity contribution is 5.19. The van der Waals surface area contributed by atoms with Crippen molar-refractivity contribution in [1.82, 2.24) is 4.90 Å². The van der Waals surface area contributed by atoms with E-state index in [1.165, 1.54) is 5.56 Å². The summed E-state index contributed by atoms with van der Waals surface area (Å²) in [5.41, 5.74) is 7.17. The van der Waals surface area contributed by atoms with Gasteiger partial charge in [0.15, 0.2) is 0 Å². The molecule has 0 saturated carbocycles. The zero-order valence-electron chi connectivity index (χ0n) is 8.69. The average molecular weight is 190 g/mol. The number of likely N-dealkylation sites (tertiary alicyclic amines) is 1. The highest BCUT2D eigenvalue weighted by Gasteiger charge is 2.24. The summed E-state index contributed by atoms with van der Waals surface area (Å²) in [6.07, 6.45) is 0. The van der Waals surface area contributed by atoms with Gasteiger partial charge in [0.25, 0.3) is 0 Å². The highest BCUT2D eigenvalue weighted by Crippen LogP contribution is 2.18. The Morgan fingerprint density at radius 1 is 1.36 bits per heavy atom. The van der Waals surface area contributed by atoms with Gasteiger partial charge in [0.1, 0.15) is 0 Å². The Balaban J connectivity index is 1.87. The van der Waals surface area contributed by atoms with Crippen LogP contribution in [0.2, 0.25) is 0 Å². The molecular formula is C12H18N2. The first-order chi connectivity index (χ1) is 6.75. The summed E-state index contributed by atoms with van der Waals surface area (Å²) in [5.74, 6) is 0.615. The lowest BCUT2D eigenvalue weighted by Gasteiger charge is -2.38. The molecule has 2 nitrogen and oxygen atoms in total. The van der Waals surface area contributed by atoms with Crippen LogP contribution in [0.15, 0.2) is 30.3 Å². The molecule has 2 N–H and O–H groups in total. The van der Waals surface area contributed by atoms with Crippen LogP contribution < -0.4 is 5.73 Å². The van der Waals surface area contributed by atoms with Crippen molar-refractivity contribution in [2.24, 2.45) is 5.73 Å². The van der Waals surface area contributed by atoms with Crippen molar-refractivity contribution in [2.75, 3.05) is 19.6 Å². The molecule has 0 amide bonds. The van der Waals surface area contributed by atoms with E-state index < -0.39 is 0 Å². The molecule has 14 heavy (non-hydrogen) atoms. The van der Waals surface area contributed by atoms with Crippen molar-refractivity contribution < 1.29 is 0 Å². The minimum Gasteiger partial charge on any atom is -0.325 e. The molecule has 0 aliphatic carbocycles. The van der Waals surface area contributed by atoms with Gasteiger partial charge in [-0.15, -0.1) is 0 Å². The molecule has 1 unspecified atom stereocenters. The Morgan fingerprint density at radius 2 is 2.00 bits per heavy atom. The first-order valence-electron chi connectivity index (χ1n) is 5.28. The van der Waals surface area contributed by atoms with E-state index in [1.807, 2.05) is 0 Å². The molecule has 2 heteroatoms. The largest absolute Gasteiger partial charge is 0.325 e. The molecule has 1 saturated heterocycles. The summed E-state index contributed by atoms with van der Waals surface area (Å²) in [5, 5.41) is 0. The molecule has 0 bridgehead atoms. The Kier molecular flexibility index (Phi) is 2.85. The van der Waals surface area contributed by atoms with Crippen LogP contribution in [0.5, 0.6) is 0 Å². The average Bonchev–Trinajstić information content (AvgIpc) is 2.17. The highest BCUT2D eigenvalue weighted by atomic mass is 15.2. The molecule has 0 aromatic heterocycles. The second kappa shape index (κ2) is 4.11. The van der Waals surface area contributed by atoms with E-state index in [0.717, 1.165) is 19.6 Å². The van der Waals surface area contributed by atoms with E-state index in [9.17, 15) is 0 Å². The van der Waals surface area contributed by atoms with Crippen molar-refractivity contribution in [3.63, 3.8) is 0 Å². The smallest absolute Gasteiger partial charge is 0.0297 e. The first-order valence-corrected chi connectivity index (χ1v) is 5.28. The number of nitrogens with zero attached hydrogens (tertiary/aromatic N) is 1. The molecule has 1 heterocycles. The Bertz CT molecular complexity index is 278. The van der Waals surface area contributed by atoms with Crippen molar-refractivity contribution in [3.8, 4) is 0 Å². The summed E-state index contributed by atoms with van der Waals surface area (Å²) in [6, 6.07) is 11.1. The van der Waals surface area contributed by atoms with Crippen molar-refractivity contribution >= 4 is 0 Å². The van der Waals surface area contributed by atoms with Crippen LogP contribution in [-0.4, -0.2) is 30.6 Å². The molecule has 0 radical (unpaired) electrons. The molecule has 1 fully saturated rings. The van der Waals surface area contributed by atoms with Crippen LogP contribution in [0.4, 0.5) is 0 Å². The summed E-state index contributed by atoms with van der Waals surface area (Å²) in [6.45, 7) is 5.55. The summed E-state index contributed by atoms with van der Waals surface area (Å²) < 4.78 is 0. The van der Waals surface area contributed by atoms with Crippen LogP contribution in [0.3, 0.4) is 0 Å². The number of rotatable bonds is 3. The zero-order chi connectivity index (χ0) is 9.97. The number of benzene rings is 1. The van der Waals surface area contributed by atoms with Crippen LogP contribution >= 0.6 is 0 Å². The third-order valence-corrected chi connectivity index (χ3v) is 2.89. The zero-order valence-corrected chi connectivity index (χ0v) is 8.69. The molecule has 1 aromatic carbocycles. The molecule has 76 valence electrons. The summed E-state index contributed by atoms with van der Waals surface area (Å²) in [4.78, 5) is 2.42. The van der Waals surface area contributed by atoms with E-state index in [-0.39, 0.29) is 0 Å². The standard InChI is InChI=1S/C12H18N2/c1-10(7-14-8-12(13)9-14)11-5-3-2-4-6-11/h2-6,10,12H,7-9,13H2,1H3. The minimum atomic E-state index is 0.415. The van der Waals surface area contributed by atoms with E-state index in [1.54, 1.807) is 0 Å². The normalized spacial score (nSPS) is 20.4. The maximum absolute atomic E-state index is 5.74. The van der Waals surface area contributed by atoms with Crippen LogP contribution in [0.1, 0.15) is 18.4 Å². The lowest BCUT2D eigenvalue weighted by Crippen LogP contribution is -2.56. The fraction of sp³-hybridized carbons (Fsp3) is 0.500. The summed E-state index contributed by atoms with van der Waals surface area (Å²) >= 11 is 0. The summed E-state index contributed by atoms with van der Waals surface area (Å²) in [7, 11) is 0. The van der Waals surface area contributed by atoms with E-state index in [2.05, 4.69) is 42.2 Å². The molecule has 1 aliphatic heterocycles. The van der Waals surface area contributed by atoms with Gasteiger partial charge in [-0.3, -0.25) is 4.90 Å². The predicted octanol–water partition coefficient (Wildman–Crippen LogP) is 1.43. The minimum absolute atomic E-state index is 0.415. The lowest BCUT2D eigenvalue weighted by atomic mass is 9.98. The SMILES string of the molecule is CC(CN1CC(N)C1)c1ccccc1. The maximum atomic E-state index is 5.74. The molecule has 1 atom stereocenters. The second-order valence-corrected chi connectivity index (χ2v) is 4.29. The molecule has 0 spiro atoms. The van der Waals surface area contributed by atoms with Gasteiger partial charge in [0, 0.05) is 25.7 Å². The predicted molar refractivity (Wildman–Crippen MR) is 59.3 cm³/mol. The molecular weight excluding hydrogens is 172 g/mol. The van der Waals surface area contributed by atoms with Crippen molar-refractivity contribution in [2.45, 2.75) is 18.9 Å². The van der Waals surface area contributed by atoms with Crippen molar-refractivity contribution in [3.05, 3.63) is 35.9 Å². The Morgan fingerprint density at radius 3 is 2.57 bits per heavy atom. The molecule has 2 rings (SSSR count). The van der Waals surface area contributed by atoms with Gasteiger partial charge < -0.3 is 5.73 Å². The van der Waals surface area contributed by atoms with Gasteiger partial charge in [0.05, 0.1) is 0 Å². The number of hydrogen-bond acceptors (Lipinski definition) is 2. The topological polar surface area (TPSA) is 29.3 Å². The van der Waals surface area contributed by atoms with Crippen LogP contribution in [-0.2, 0) is 0 Å². The molecule has 1 aliphatic rings.